The average Bonchev–Trinajstić information content (AvgIpc) is 3.10. The lowest BCUT2D eigenvalue weighted by atomic mass is 10.0. The first-order chi connectivity index (χ1) is 14.2. The number of hydrogen-bond donors (Lipinski definition) is 1. The molecule has 29 heavy (non-hydrogen) atoms. The van der Waals surface area contributed by atoms with E-state index in [1.54, 1.807) is 31.5 Å². The van der Waals surface area contributed by atoms with Crippen molar-refractivity contribution in [3.63, 3.8) is 0 Å². The van der Waals surface area contributed by atoms with Gasteiger partial charge in [0.25, 0.3) is 0 Å². The molecule has 0 spiro atoms. The third kappa shape index (κ3) is 3.96. The molecule has 0 fully saturated rings. The number of aromatic nitrogens is 3. The van der Waals surface area contributed by atoms with E-state index in [1.165, 1.54) is 16.8 Å². The van der Waals surface area contributed by atoms with Crippen molar-refractivity contribution in [1.82, 2.24) is 14.8 Å². The molecule has 0 saturated heterocycles. The molecule has 1 N–H and O–H groups in total. The van der Waals surface area contributed by atoms with E-state index >= 15 is 0 Å². The number of rotatable bonds is 6. The molecule has 0 aliphatic carbocycles. The summed E-state index contributed by atoms with van der Waals surface area (Å²) in [5.41, 5.74) is 3.24. The van der Waals surface area contributed by atoms with Crippen molar-refractivity contribution in [2.24, 2.45) is 0 Å². The van der Waals surface area contributed by atoms with Gasteiger partial charge in [0.2, 0.25) is 5.88 Å². The van der Waals surface area contributed by atoms with Crippen molar-refractivity contribution in [1.29, 1.82) is 0 Å². The quantitative estimate of drug-likeness (QED) is 0.525. The van der Waals surface area contributed by atoms with Gasteiger partial charge in [-0.15, -0.1) is 0 Å². The van der Waals surface area contributed by atoms with Gasteiger partial charge in [-0.3, -0.25) is 0 Å². The Balaban J connectivity index is 1.73. The zero-order chi connectivity index (χ0) is 20.2. The van der Waals surface area contributed by atoms with Gasteiger partial charge < -0.3 is 9.84 Å². The maximum atomic E-state index is 13.2. The summed E-state index contributed by atoms with van der Waals surface area (Å²) in [5, 5.41) is 15.6. The normalized spacial score (nSPS) is 10.8. The maximum Gasteiger partial charge on any atom is 0.219 e. The van der Waals surface area contributed by atoms with Crippen LogP contribution in [0.15, 0.2) is 72.9 Å². The van der Waals surface area contributed by atoms with Crippen LogP contribution in [0.1, 0.15) is 11.1 Å². The van der Waals surface area contributed by atoms with Gasteiger partial charge in [0.15, 0.2) is 5.82 Å². The van der Waals surface area contributed by atoms with E-state index in [-0.39, 0.29) is 11.7 Å². The summed E-state index contributed by atoms with van der Waals surface area (Å²) in [6.07, 6.45) is 2.85. The summed E-state index contributed by atoms with van der Waals surface area (Å²) < 4.78 is 19.9. The van der Waals surface area contributed by atoms with Crippen LogP contribution in [0.5, 0.6) is 11.6 Å². The molecule has 0 unspecified atom stereocenters. The highest BCUT2D eigenvalue weighted by atomic mass is 19.1. The van der Waals surface area contributed by atoms with Crippen LogP contribution in [0.25, 0.3) is 17.1 Å². The fourth-order valence-corrected chi connectivity index (χ4v) is 3.21. The van der Waals surface area contributed by atoms with Gasteiger partial charge in [-0.05, 0) is 66.9 Å². The molecule has 4 rings (SSSR count). The van der Waals surface area contributed by atoms with Gasteiger partial charge in [0.1, 0.15) is 11.6 Å². The summed E-state index contributed by atoms with van der Waals surface area (Å²) in [4.78, 5) is 4.29. The van der Waals surface area contributed by atoms with Crippen molar-refractivity contribution >= 4 is 0 Å². The summed E-state index contributed by atoms with van der Waals surface area (Å²) in [6, 6.07) is 19.4. The fourth-order valence-electron chi connectivity index (χ4n) is 3.21. The van der Waals surface area contributed by atoms with Crippen LogP contribution in [0.4, 0.5) is 4.39 Å². The molecular formula is C23H20FN3O2. The first-order valence-electron chi connectivity index (χ1n) is 9.27. The van der Waals surface area contributed by atoms with Crippen LogP contribution < -0.4 is 4.74 Å². The second-order valence-corrected chi connectivity index (χ2v) is 6.61. The Hall–Kier alpha value is -3.67. The van der Waals surface area contributed by atoms with Crippen molar-refractivity contribution in [2.45, 2.75) is 12.8 Å². The Bertz CT molecular complexity index is 1090. The summed E-state index contributed by atoms with van der Waals surface area (Å²) in [6.45, 7) is 0. The highest BCUT2D eigenvalue weighted by Crippen LogP contribution is 2.33. The predicted molar refractivity (Wildman–Crippen MR) is 109 cm³/mol. The fraction of sp³-hybridized carbons (Fsp3) is 0.130. The number of methoxy groups -OCH3 is 1. The number of nitrogens with zero attached hydrogens (tertiary/aromatic N) is 3. The second kappa shape index (κ2) is 8.14. The van der Waals surface area contributed by atoms with E-state index in [1.807, 2.05) is 36.4 Å². The minimum atomic E-state index is -0.265. The van der Waals surface area contributed by atoms with Crippen molar-refractivity contribution < 1.29 is 14.2 Å². The lowest BCUT2D eigenvalue weighted by Crippen LogP contribution is -1.98. The lowest BCUT2D eigenvalue weighted by molar-refractivity contribution is 0.415. The zero-order valence-corrected chi connectivity index (χ0v) is 15.9. The van der Waals surface area contributed by atoms with Crippen molar-refractivity contribution in [2.75, 3.05) is 7.11 Å². The second-order valence-electron chi connectivity index (χ2n) is 6.61. The molecule has 0 amide bonds. The first-order valence-corrected chi connectivity index (χ1v) is 9.27. The largest absolute Gasteiger partial charge is 0.497 e. The highest BCUT2D eigenvalue weighted by molar-refractivity contribution is 5.67. The molecule has 6 heteroatoms. The molecule has 0 aliphatic rings. The van der Waals surface area contributed by atoms with Crippen LogP contribution in [0, 0.1) is 5.82 Å². The Labute approximate surface area is 168 Å². The summed E-state index contributed by atoms with van der Waals surface area (Å²) in [5.74, 6) is 1.07. The SMILES string of the molecule is COc1ccc(-c2nn(-c3ccccn3)c(O)c2CCc2ccc(F)cc2)cc1. The minimum Gasteiger partial charge on any atom is -0.497 e. The van der Waals surface area contributed by atoms with E-state index in [9.17, 15) is 9.50 Å². The molecule has 0 saturated carbocycles. The van der Waals surface area contributed by atoms with Gasteiger partial charge in [0.05, 0.1) is 12.8 Å². The number of aromatic hydroxyl groups is 1. The molecule has 4 aromatic rings. The highest BCUT2D eigenvalue weighted by Gasteiger charge is 2.20. The third-order valence-corrected chi connectivity index (χ3v) is 4.76. The van der Waals surface area contributed by atoms with Crippen LogP contribution in [-0.4, -0.2) is 27.0 Å². The Morgan fingerprint density at radius 1 is 0.966 bits per heavy atom. The van der Waals surface area contributed by atoms with Gasteiger partial charge in [0, 0.05) is 17.3 Å². The number of pyridine rings is 1. The predicted octanol–water partition coefficient (Wildman–Crippen LogP) is 4.57. The maximum absolute atomic E-state index is 13.2. The third-order valence-electron chi connectivity index (χ3n) is 4.76. The zero-order valence-electron chi connectivity index (χ0n) is 15.9. The molecule has 0 aliphatic heterocycles. The van der Waals surface area contributed by atoms with Crippen LogP contribution in [0.2, 0.25) is 0 Å². The number of hydrogen-bond acceptors (Lipinski definition) is 4. The summed E-state index contributed by atoms with van der Waals surface area (Å²) >= 11 is 0. The van der Waals surface area contributed by atoms with Gasteiger partial charge in [-0.2, -0.15) is 9.78 Å². The van der Waals surface area contributed by atoms with Crippen LogP contribution in [0.3, 0.4) is 0 Å². The number of benzene rings is 2. The first kappa shape index (κ1) is 18.7. The van der Waals surface area contributed by atoms with Crippen LogP contribution in [-0.2, 0) is 12.8 Å². The van der Waals surface area contributed by atoms with E-state index in [0.717, 1.165) is 16.9 Å². The number of aryl methyl sites for hydroxylation is 1. The number of halogens is 1. The van der Waals surface area contributed by atoms with Gasteiger partial charge >= 0.3 is 0 Å². The molecule has 0 atom stereocenters. The smallest absolute Gasteiger partial charge is 0.219 e. The molecular weight excluding hydrogens is 369 g/mol. The Morgan fingerprint density at radius 2 is 1.72 bits per heavy atom. The Morgan fingerprint density at radius 3 is 2.38 bits per heavy atom. The molecule has 146 valence electrons. The topological polar surface area (TPSA) is 60.2 Å². The standard InChI is InChI=1S/C23H20FN3O2/c1-29-19-12-8-17(9-13-19)22-20(14-7-16-5-10-18(24)11-6-16)23(28)27(26-22)21-4-2-3-15-25-21/h2-6,8-13,15,28H,7,14H2,1H3. The van der Waals surface area contributed by atoms with Crippen LogP contribution >= 0.6 is 0 Å². The van der Waals surface area contributed by atoms with E-state index in [0.29, 0.717) is 29.9 Å². The monoisotopic (exact) mass is 389 g/mol. The molecule has 0 bridgehead atoms. The van der Waals surface area contributed by atoms with E-state index in [2.05, 4.69) is 10.1 Å². The number of ether oxygens (including phenoxy) is 1. The molecule has 0 radical (unpaired) electrons. The van der Waals surface area contributed by atoms with Gasteiger partial charge in [-0.1, -0.05) is 18.2 Å². The minimum absolute atomic E-state index is 0.0524. The molecule has 2 heterocycles. The summed E-state index contributed by atoms with van der Waals surface area (Å²) in [7, 11) is 1.62. The Kier molecular flexibility index (Phi) is 5.24. The molecule has 2 aromatic carbocycles. The van der Waals surface area contributed by atoms with E-state index in [4.69, 9.17) is 4.74 Å². The van der Waals surface area contributed by atoms with Crippen molar-refractivity contribution in [3.05, 3.63) is 89.9 Å². The molecule has 5 nitrogen and oxygen atoms in total. The van der Waals surface area contributed by atoms with E-state index < -0.39 is 0 Å². The van der Waals surface area contributed by atoms with Gasteiger partial charge in [-0.25, -0.2) is 9.37 Å². The van der Waals surface area contributed by atoms with Crippen molar-refractivity contribution in [3.8, 4) is 28.7 Å². The molecule has 2 aromatic heterocycles. The lowest BCUT2D eigenvalue weighted by Gasteiger charge is -2.05. The average molecular weight is 389 g/mol.